The quantitative estimate of drug-likeness (QED) is 0.881. The molecule has 1 aromatic carbocycles. The zero-order chi connectivity index (χ0) is 15.1. The molecule has 108 valence electrons. The number of ether oxygens (including phenoxy) is 1. The largest absolute Gasteiger partial charge is 0.476 e. The van der Waals surface area contributed by atoms with E-state index in [1.807, 2.05) is 44.2 Å². The first-order valence-electron chi connectivity index (χ1n) is 6.90. The van der Waals surface area contributed by atoms with Crippen LogP contribution in [-0.4, -0.2) is 16.1 Å². The molecule has 0 bridgehead atoms. The lowest BCUT2D eigenvalue weighted by molar-refractivity contribution is 0.251. The van der Waals surface area contributed by atoms with E-state index in [1.165, 1.54) is 0 Å². The van der Waals surface area contributed by atoms with E-state index in [9.17, 15) is 0 Å². The Labute approximate surface area is 124 Å². The molecule has 0 saturated heterocycles. The molecule has 2 rings (SSSR count). The summed E-state index contributed by atoms with van der Waals surface area (Å²) >= 11 is 0. The number of nitriles is 1. The molecule has 0 amide bonds. The first-order valence-corrected chi connectivity index (χ1v) is 6.90. The second-order valence-electron chi connectivity index (χ2n) is 4.67. The van der Waals surface area contributed by atoms with Gasteiger partial charge in [-0.2, -0.15) is 5.26 Å². The fourth-order valence-electron chi connectivity index (χ4n) is 1.81. The number of aryl methyl sites for hydroxylation is 1. The smallest absolute Gasteiger partial charge is 0.223 e. The molecule has 1 aromatic heterocycles. The molecular formula is C16H18N4O. The van der Waals surface area contributed by atoms with Crippen LogP contribution in [0.5, 0.6) is 5.75 Å². The lowest BCUT2D eigenvalue weighted by Gasteiger charge is -2.11. The van der Waals surface area contributed by atoms with Gasteiger partial charge in [0.25, 0.3) is 0 Å². The van der Waals surface area contributed by atoms with Crippen LogP contribution in [-0.2, 0) is 6.54 Å². The molecule has 5 nitrogen and oxygen atoms in total. The third-order valence-electron chi connectivity index (χ3n) is 2.94. The molecule has 1 heterocycles. The Bertz CT molecular complexity index is 636. The Balaban J connectivity index is 1.99. The SMILES string of the molecule is CCC(C#N)Oc1cccc(CNc2nccc(C)n2)c1. The minimum Gasteiger partial charge on any atom is -0.476 e. The van der Waals surface area contributed by atoms with Crippen molar-refractivity contribution in [1.29, 1.82) is 5.26 Å². The lowest BCUT2D eigenvalue weighted by Crippen LogP contribution is -2.12. The van der Waals surface area contributed by atoms with Crippen LogP contribution in [0.2, 0.25) is 0 Å². The van der Waals surface area contributed by atoms with Gasteiger partial charge in [0.05, 0.1) is 0 Å². The van der Waals surface area contributed by atoms with Crippen molar-refractivity contribution in [3.63, 3.8) is 0 Å². The van der Waals surface area contributed by atoms with E-state index in [0.29, 0.717) is 24.7 Å². The summed E-state index contributed by atoms with van der Waals surface area (Å²) in [6, 6.07) is 11.7. The number of anilines is 1. The Morgan fingerprint density at radius 2 is 2.24 bits per heavy atom. The minimum absolute atomic E-state index is 0.409. The van der Waals surface area contributed by atoms with Crippen LogP contribution in [0.25, 0.3) is 0 Å². The average molecular weight is 282 g/mol. The Kier molecular flexibility index (Phi) is 5.10. The summed E-state index contributed by atoms with van der Waals surface area (Å²) < 4.78 is 5.60. The normalized spacial score (nSPS) is 11.5. The maximum absolute atomic E-state index is 8.93. The van der Waals surface area contributed by atoms with Crippen molar-refractivity contribution < 1.29 is 4.74 Å². The number of rotatable bonds is 6. The van der Waals surface area contributed by atoms with Gasteiger partial charge in [0.1, 0.15) is 11.8 Å². The molecular weight excluding hydrogens is 264 g/mol. The van der Waals surface area contributed by atoms with Crippen LogP contribution in [0.3, 0.4) is 0 Å². The summed E-state index contributed by atoms with van der Waals surface area (Å²) in [6.07, 6.45) is 1.98. The monoisotopic (exact) mass is 282 g/mol. The van der Waals surface area contributed by atoms with E-state index in [0.717, 1.165) is 11.3 Å². The molecule has 1 unspecified atom stereocenters. The summed E-state index contributed by atoms with van der Waals surface area (Å²) in [5, 5.41) is 12.1. The molecule has 0 saturated carbocycles. The number of nitrogens with zero attached hydrogens (tertiary/aromatic N) is 3. The zero-order valence-electron chi connectivity index (χ0n) is 12.2. The van der Waals surface area contributed by atoms with Crippen molar-refractivity contribution in [3.8, 4) is 11.8 Å². The second kappa shape index (κ2) is 7.25. The fourth-order valence-corrected chi connectivity index (χ4v) is 1.81. The first kappa shape index (κ1) is 14.8. The predicted octanol–water partition coefficient (Wildman–Crippen LogP) is 3.08. The van der Waals surface area contributed by atoms with Gasteiger partial charge < -0.3 is 10.1 Å². The highest BCUT2D eigenvalue weighted by Crippen LogP contribution is 2.16. The number of hydrogen-bond acceptors (Lipinski definition) is 5. The Hall–Kier alpha value is -2.61. The lowest BCUT2D eigenvalue weighted by atomic mass is 10.2. The number of nitrogens with one attached hydrogen (secondary N) is 1. The highest BCUT2D eigenvalue weighted by Gasteiger charge is 2.06. The third kappa shape index (κ3) is 4.46. The first-order chi connectivity index (χ1) is 10.2. The highest BCUT2D eigenvalue weighted by molar-refractivity contribution is 5.33. The summed E-state index contributed by atoms with van der Waals surface area (Å²) in [7, 11) is 0. The predicted molar refractivity (Wildman–Crippen MR) is 80.9 cm³/mol. The molecule has 0 aliphatic rings. The van der Waals surface area contributed by atoms with Crippen LogP contribution in [0, 0.1) is 18.3 Å². The molecule has 0 aliphatic carbocycles. The van der Waals surface area contributed by atoms with Gasteiger partial charge in [0.2, 0.25) is 5.95 Å². The van der Waals surface area contributed by atoms with Gasteiger partial charge in [-0.25, -0.2) is 9.97 Å². The van der Waals surface area contributed by atoms with Crippen molar-refractivity contribution in [2.45, 2.75) is 32.9 Å². The van der Waals surface area contributed by atoms with Gasteiger partial charge in [-0.05, 0) is 37.1 Å². The average Bonchev–Trinajstić information content (AvgIpc) is 2.51. The molecule has 0 spiro atoms. The minimum atomic E-state index is -0.409. The topological polar surface area (TPSA) is 70.8 Å². The summed E-state index contributed by atoms with van der Waals surface area (Å²) in [5.41, 5.74) is 1.97. The standard InChI is InChI=1S/C16H18N4O/c1-3-14(10-17)21-15-6-4-5-13(9-15)11-19-16-18-8-7-12(2)20-16/h4-9,14H,3,11H2,1-2H3,(H,18,19,20). The van der Waals surface area contributed by atoms with Gasteiger partial charge in [-0.3, -0.25) is 0 Å². The van der Waals surface area contributed by atoms with Crippen molar-refractivity contribution in [2.75, 3.05) is 5.32 Å². The van der Waals surface area contributed by atoms with E-state index in [1.54, 1.807) is 6.20 Å². The van der Waals surface area contributed by atoms with Crippen LogP contribution in [0.4, 0.5) is 5.95 Å². The summed E-state index contributed by atoms with van der Waals surface area (Å²) in [6.45, 7) is 4.45. The zero-order valence-corrected chi connectivity index (χ0v) is 12.2. The molecule has 2 aromatic rings. The van der Waals surface area contributed by atoms with Crippen molar-refractivity contribution in [1.82, 2.24) is 9.97 Å². The van der Waals surface area contributed by atoms with Crippen LogP contribution in [0.15, 0.2) is 36.5 Å². The van der Waals surface area contributed by atoms with Crippen molar-refractivity contribution in [3.05, 3.63) is 47.8 Å². The highest BCUT2D eigenvalue weighted by atomic mass is 16.5. The molecule has 5 heteroatoms. The van der Waals surface area contributed by atoms with Crippen molar-refractivity contribution in [2.24, 2.45) is 0 Å². The number of benzene rings is 1. The molecule has 0 radical (unpaired) electrons. The molecule has 21 heavy (non-hydrogen) atoms. The van der Waals surface area contributed by atoms with Crippen LogP contribution >= 0.6 is 0 Å². The Morgan fingerprint density at radius 3 is 2.95 bits per heavy atom. The number of hydrogen-bond donors (Lipinski definition) is 1. The summed E-state index contributed by atoms with van der Waals surface area (Å²) in [5.74, 6) is 1.30. The second-order valence-corrected chi connectivity index (χ2v) is 4.67. The van der Waals surface area contributed by atoms with E-state index in [4.69, 9.17) is 10.00 Å². The van der Waals surface area contributed by atoms with Crippen LogP contribution < -0.4 is 10.1 Å². The van der Waals surface area contributed by atoms with Gasteiger partial charge in [0, 0.05) is 18.4 Å². The molecule has 1 N–H and O–H groups in total. The Morgan fingerprint density at radius 1 is 1.38 bits per heavy atom. The third-order valence-corrected chi connectivity index (χ3v) is 2.94. The van der Waals surface area contributed by atoms with E-state index >= 15 is 0 Å². The maximum Gasteiger partial charge on any atom is 0.223 e. The van der Waals surface area contributed by atoms with Gasteiger partial charge in [0.15, 0.2) is 6.10 Å². The molecule has 1 atom stereocenters. The van der Waals surface area contributed by atoms with Gasteiger partial charge in [-0.1, -0.05) is 19.1 Å². The van der Waals surface area contributed by atoms with Crippen molar-refractivity contribution >= 4 is 5.95 Å². The molecule has 0 fully saturated rings. The van der Waals surface area contributed by atoms with Gasteiger partial charge in [-0.15, -0.1) is 0 Å². The number of aromatic nitrogens is 2. The molecule has 0 aliphatic heterocycles. The van der Waals surface area contributed by atoms with Crippen LogP contribution in [0.1, 0.15) is 24.6 Å². The fraction of sp³-hybridized carbons (Fsp3) is 0.312. The summed E-state index contributed by atoms with van der Waals surface area (Å²) in [4.78, 5) is 8.44. The van der Waals surface area contributed by atoms with Gasteiger partial charge >= 0.3 is 0 Å². The van der Waals surface area contributed by atoms with E-state index in [-0.39, 0.29) is 0 Å². The van der Waals surface area contributed by atoms with E-state index in [2.05, 4.69) is 21.4 Å². The van der Waals surface area contributed by atoms with E-state index < -0.39 is 6.10 Å². The maximum atomic E-state index is 8.93.